The van der Waals surface area contributed by atoms with Crippen molar-refractivity contribution in [1.82, 2.24) is 25.2 Å². The number of H-pyrrole nitrogens is 1. The van der Waals surface area contributed by atoms with E-state index in [4.69, 9.17) is 0 Å². The SMILES string of the molecule is O=C(/C=C/c1ccccc1)N1CC2CN(C(=O)c3ccc4n[nH]nc4c3)CC2C1. The number of carbonyl (C=O) groups is 2. The predicted molar refractivity (Wildman–Crippen MR) is 109 cm³/mol. The zero-order chi connectivity index (χ0) is 19.8. The number of aromatic nitrogens is 3. The lowest BCUT2D eigenvalue weighted by molar-refractivity contribution is -0.125. The summed E-state index contributed by atoms with van der Waals surface area (Å²) in [6.07, 6.45) is 3.50. The van der Waals surface area contributed by atoms with E-state index in [1.165, 1.54) is 0 Å². The summed E-state index contributed by atoms with van der Waals surface area (Å²) in [7, 11) is 0. The summed E-state index contributed by atoms with van der Waals surface area (Å²) >= 11 is 0. The van der Waals surface area contributed by atoms with Crippen LogP contribution in [0, 0.1) is 11.8 Å². The molecular weight excluding hydrogens is 366 g/mol. The van der Waals surface area contributed by atoms with Crippen LogP contribution in [0.4, 0.5) is 0 Å². The topological polar surface area (TPSA) is 82.2 Å². The summed E-state index contributed by atoms with van der Waals surface area (Å²) in [6, 6.07) is 15.2. The maximum absolute atomic E-state index is 12.9. The molecule has 2 fully saturated rings. The van der Waals surface area contributed by atoms with Crippen LogP contribution in [0.3, 0.4) is 0 Å². The molecule has 0 bridgehead atoms. The Hall–Kier alpha value is -3.48. The van der Waals surface area contributed by atoms with Gasteiger partial charge in [0.1, 0.15) is 11.0 Å². The second kappa shape index (κ2) is 7.16. The number of likely N-dealkylation sites (tertiary alicyclic amines) is 2. The van der Waals surface area contributed by atoms with Gasteiger partial charge in [-0.2, -0.15) is 15.4 Å². The van der Waals surface area contributed by atoms with Crippen molar-refractivity contribution in [3.63, 3.8) is 0 Å². The average molecular weight is 387 g/mol. The minimum atomic E-state index is 0.0196. The van der Waals surface area contributed by atoms with Crippen LogP contribution in [0.2, 0.25) is 0 Å². The maximum Gasteiger partial charge on any atom is 0.253 e. The fourth-order valence-corrected chi connectivity index (χ4v) is 4.33. The number of nitrogens with zero attached hydrogens (tertiary/aromatic N) is 4. The number of carbonyl (C=O) groups excluding carboxylic acids is 2. The van der Waals surface area contributed by atoms with Crippen molar-refractivity contribution in [3.8, 4) is 0 Å². The molecule has 3 heterocycles. The molecule has 0 aliphatic carbocycles. The minimum absolute atomic E-state index is 0.0196. The van der Waals surface area contributed by atoms with Gasteiger partial charge in [0.15, 0.2) is 0 Å². The van der Waals surface area contributed by atoms with Crippen LogP contribution >= 0.6 is 0 Å². The number of rotatable bonds is 3. The van der Waals surface area contributed by atoms with Gasteiger partial charge in [0, 0.05) is 49.7 Å². The fourth-order valence-electron chi connectivity index (χ4n) is 4.33. The average Bonchev–Trinajstić information content (AvgIpc) is 3.46. The molecule has 0 radical (unpaired) electrons. The number of aromatic amines is 1. The molecule has 2 aliphatic rings. The van der Waals surface area contributed by atoms with E-state index in [0.29, 0.717) is 49.1 Å². The van der Waals surface area contributed by atoms with Crippen LogP contribution < -0.4 is 0 Å². The lowest BCUT2D eigenvalue weighted by atomic mass is 10.0. The van der Waals surface area contributed by atoms with Crippen molar-refractivity contribution in [3.05, 3.63) is 65.7 Å². The van der Waals surface area contributed by atoms with E-state index in [1.54, 1.807) is 18.2 Å². The summed E-state index contributed by atoms with van der Waals surface area (Å²) in [5, 5.41) is 10.6. The van der Waals surface area contributed by atoms with Gasteiger partial charge in [0.2, 0.25) is 5.91 Å². The number of hydrogen-bond acceptors (Lipinski definition) is 4. The molecule has 0 spiro atoms. The first-order valence-corrected chi connectivity index (χ1v) is 9.79. The van der Waals surface area contributed by atoms with Gasteiger partial charge in [-0.05, 0) is 29.8 Å². The molecule has 2 amide bonds. The van der Waals surface area contributed by atoms with E-state index in [9.17, 15) is 9.59 Å². The predicted octanol–water partition coefficient (Wildman–Crippen LogP) is 2.20. The molecule has 1 N–H and O–H groups in total. The third kappa shape index (κ3) is 3.40. The van der Waals surface area contributed by atoms with E-state index in [2.05, 4.69) is 15.4 Å². The van der Waals surface area contributed by atoms with Crippen molar-refractivity contribution in [2.24, 2.45) is 11.8 Å². The smallest absolute Gasteiger partial charge is 0.253 e. The first-order valence-electron chi connectivity index (χ1n) is 9.79. The Kier molecular flexibility index (Phi) is 4.35. The third-order valence-electron chi connectivity index (χ3n) is 5.87. The molecule has 29 heavy (non-hydrogen) atoms. The molecule has 2 aromatic carbocycles. The van der Waals surface area contributed by atoms with Gasteiger partial charge in [0.05, 0.1) is 0 Å². The lowest BCUT2D eigenvalue weighted by Crippen LogP contribution is -2.35. The van der Waals surface area contributed by atoms with Crippen molar-refractivity contribution in [1.29, 1.82) is 0 Å². The van der Waals surface area contributed by atoms with Crippen LogP contribution in [-0.4, -0.2) is 63.2 Å². The molecule has 2 saturated heterocycles. The Morgan fingerprint density at radius 3 is 2.34 bits per heavy atom. The number of amides is 2. The van der Waals surface area contributed by atoms with E-state index >= 15 is 0 Å². The zero-order valence-electron chi connectivity index (χ0n) is 15.9. The highest BCUT2D eigenvalue weighted by Gasteiger charge is 2.42. The van der Waals surface area contributed by atoms with E-state index < -0.39 is 0 Å². The Bertz CT molecular complexity index is 1080. The molecule has 2 unspecified atom stereocenters. The van der Waals surface area contributed by atoms with Crippen molar-refractivity contribution < 1.29 is 9.59 Å². The van der Waals surface area contributed by atoms with E-state index in [1.807, 2.05) is 52.3 Å². The van der Waals surface area contributed by atoms with Crippen LogP contribution in [0.1, 0.15) is 15.9 Å². The Morgan fingerprint density at radius 1 is 0.897 bits per heavy atom. The standard InChI is InChI=1S/C22H21N5O2/c28-21(9-6-15-4-2-1-3-5-15)26-11-17-13-27(14-18(17)12-26)22(29)16-7-8-19-20(10-16)24-25-23-19/h1-10,17-18H,11-14H2,(H,23,24,25)/b9-6+. The monoisotopic (exact) mass is 387 g/mol. The summed E-state index contributed by atoms with van der Waals surface area (Å²) in [5.74, 6) is 0.733. The second-order valence-electron chi connectivity index (χ2n) is 7.74. The molecular formula is C22H21N5O2. The molecule has 5 rings (SSSR count). The molecule has 2 atom stereocenters. The quantitative estimate of drug-likeness (QED) is 0.699. The van der Waals surface area contributed by atoms with E-state index in [0.717, 1.165) is 11.1 Å². The largest absolute Gasteiger partial charge is 0.338 e. The van der Waals surface area contributed by atoms with Gasteiger partial charge >= 0.3 is 0 Å². The minimum Gasteiger partial charge on any atom is -0.338 e. The Morgan fingerprint density at radius 2 is 1.59 bits per heavy atom. The summed E-state index contributed by atoms with van der Waals surface area (Å²) in [4.78, 5) is 29.2. The Balaban J connectivity index is 1.21. The zero-order valence-corrected chi connectivity index (χ0v) is 15.9. The van der Waals surface area contributed by atoms with Crippen LogP contribution in [0.25, 0.3) is 17.1 Å². The van der Waals surface area contributed by atoms with Crippen molar-refractivity contribution >= 4 is 28.9 Å². The van der Waals surface area contributed by atoms with Gasteiger partial charge in [-0.1, -0.05) is 30.3 Å². The molecule has 1 aromatic heterocycles. The maximum atomic E-state index is 12.9. The normalized spacial score (nSPS) is 21.2. The van der Waals surface area contributed by atoms with Crippen LogP contribution in [0.5, 0.6) is 0 Å². The first kappa shape index (κ1) is 17.6. The number of benzene rings is 2. The molecule has 0 saturated carbocycles. The number of nitrogens with one attached hydrogen (secondary N) is 1. The number of hydrogen-bond donors (Lipinski definition) is 1. The molecule has 7 heteroatoms. The fraction of sp³-hybridized carbons (Fsp3) is 0.273. The summed E-state index contributed by atoms with van der Waals surface area (Å²) in [6.45, 7) is 2.78. The van der Waals surface area contributed by atoms with Gasteiger partial charge in [-0.25, -0.2) is 0 Å². The van der Waals surface area contributed by atoms with Gasteiger partial charge in [-0.15, -0.1) is 0 Å². The number of fused-ring (bicyclic) bond motifs is 2. The highest BCUT2D eigenvalue weighted by Crippen LogP contribution is 2.32. The van der Waals surface area contributed by atoms with Gasteiger partial charge in [0.25, 0.3) is 5.91 Å². The third-order valence-corrected chi connectivity index (χ3v) is 5.87. The van der Waals surface area contributed by atoms with Gasteiger partial charge < -0.3 is 9.80 Å². The highest BCUT2D eigenvalue weighted by atomic mass is 16.2. The van der Waals surface area contributed by atoms with Crippen molar-refractivity contribution in [2.45, 2.75) is 0 Å². The van der Waals surface area contributed by atoms with E-state index in [-0.39, 0.29) is 11.8 Å². The van der Waals surface area contributed by atoms with Crippen LogP contribution in [-0.2, 0) is 4.79 Å². The summed E-state index contributed by atoms with van der Waals surface area (Å²) in [5.41, 5.74) is 3.08. The van der Waals surface area contributed by atoms with Crippen molar-refractivity contribution in [2.75, 3.05) is 26.2 Å². The van der Waals surface area contributed by atoms with Gasteiger partial charge in [-0.3, -0.25) is 9.59 Å². The first-order chi connectivity index (χ1) is 14.2. The molecule has 7 nitrogen and oxygen atoms in total. The molecule has 146 valence electrons. The highest BCUT2D eigenvalue weighted by molar-refractivity contribution is 5.97. The Labute approximate surface area is 168 Å². The lowest BCUT2D eigenvalue weighted by Gasteiger charge is -2.21. The molecule has 2 aliphatic heterocycles. The second-order valence-corrected chi connectivity index (χ2v) is 7.74. The molecule has 3 aromatic rings. The summed E-state index contributed by atoms with van der Waals surface area (Å²) < 4.78 is 0. The van der Waals surface area contributed by atoms with Crippen LogP contribution in [0.15, 0.2) is 54.6 Å².